The smallest absolute Gasteiger partial charge is 0.138 e. The van der Waals surface area contributed by atoms with E-state index in [0.717, 1.165) is 30.2 Å². The molecule has 1 aromatic heterocycles. The normalized spacial score (nSPS) is 17.1. The van der Waals surface area contributed by atoms with Crippen molar-refractivity contribution in [3.63, 3.8) is 0 Å². The van der Waals surface area contributed by atoms with Crippen molar-refractivity contribution in [3.05, 3.63) is 52.5 Å². The first kappa shape index (κ1) is 14.1. The Morgan fingerprint density at radius 1 is 1.19 bits per heavy atom. The van der Waals surface area contributed by atoms with Crippen molar-refractivity contribution in [2.75, 3.05) is 12.4 Å². The number of rotatable bonds is 3. The molecule has 3 heteroatoms. The number of anilines is 1. The maximum atomic E-state index is 4.83. The second-order valence-corrected chi connectivity index (χ2v) is 6.12. The number of aromatic nitrogens is 2. The molecule has 1 aliphatic rings. The lowest BCUT2D eigenvalue weighted by atomic mass is 9.98. The van der Waals surface area contributed by atoms with E-state index in [2.05, 4.69) is 50.4 Å². The van der Waals surface area contributed by atoms with Crippen LogP contribution in [0.4, 0.5) is 5.82 Å². The summed E-state index contributed by atoms with van der Waals surface area (Å²) in [4.78, 5) is 9.66. The van der Waals surface area contributed by atoms with Gasteiger partial charge in [-0.3, -0.25) is 0 Å². The van der Waals surface area contributed by atoms with E-state index in [-0.39, 0.29) is 0 Å². The van der Waals surface area contributed by atoms with Crippen molar-refractivity contribution in [2.24, 2.45) is 0 Å². The molecule has 1 unspecified atom stereocenters. The molecule has 3 rings (SSSR count). The molecule has 0 bridgehead atoms. The van der Waals surface area contributed by atoms with Crippen LogP contribution in [-0.2, 0) is 6.42 Å². The molecule has 1 N–H and O–H groups in total. The maximum Gasteiger partial charge on any atom is 0.138 e. The van der Waals surface area contributed by atoms with E-state index in [4.69, 9.17) is 9.97 Å². The van der Waals surface area contributed by atoms with Gasteiger partial charge in [-0.25, -0.2) is 9.97 Å². The molecule has 21 heavy (non-hydrogen) atoms. The van der Waals surface area contributed by atoms with Crippen LogP contribution in [0.1, 0.15) is 60.3 Å². The van der Waals surface area contributed by atoms with Crippen molar-refractivity contribution in [2.45, 2.75) is 45.4 Å². The van der Waals surface area contributed by atoms with Gasteiger partial charge in [-0.1, -0.05) is 38.1 Å². The van der Waals surface area contributed by atoms with Gasteiger partial charge in [-0.05, 0) is 36.8 Å². The second-order valence-electron chi connectivity index (χ2n) is 6.12. The molecule has 0 saturated heterocycles. The van der Waals surface area contributed by atoms with E-state index in [0.29, 0.717) is 11.8 Å². The Morgan fingerprint density at radius 3 is 2.67 bits per heavy atom. The molecule has 1 atom stereocenters. The largest absolute Gasteiger partial charge is 0.373 e. The van der Waals surface area contributed by atoms with E-state index in [1.165, 1.54) is 16.7 Å². The van der Waals surface area contributed by atoms with Crippen molar-refractivity contribution in [1.82, 2.24) is 9.97 Å². The van der Waals surface area contributed by atoms with Gasteiger partial charge in [0.05, 0.1) is 0 Å². The van der Waals surface area contributed by atoms with Crippen molar-refractivity contribution in [3.8, 4) is 0 Å². The third kappa shape index (κ3) is 2.41. The quantitative estimate of drug-likeness (QED) is 0.923. The third-order valence-corrected chi connectivity index (χ3v) is 4.41. The lowest BCUT2D eigenvalue weighted by Crippen LogP contribution is -2.11. The Hall–Kier alpha value is -1.90. The summed E-state index contributed by atoms with van der Waals surface area (Å²) in [5.41, 5.74) is 5.18. The molecule has 0 fully saturated rings. The number of benzene rings is 1. The molecule has 0 aliphatic heterocycles. The van der Waals surface area contributed by atoms with Gasteiger partial charge in [0, 0.05) is 24.2 Å². The predicted molar refractivity (Wildman–Crippen MR) is 87.0 cm³/mol. The van der Waals surface area contributed by atoms with Crippen LogP contribution in [0.5, 0.6) is 0 Å². The van der Waals surface area contributed by atoms with Crippen molar-refractivity contribution in [1.29, 1.82) is 0 Å². The highest BCUT2D eigenvalue weighted by molar-refractivity contribution is 5.49. The summed E-state index contributed by atoms with van der Waals surface area (Å²) in [5.74, 6) is 2.72. The van der Waals surface area contributed by atoms with Gasteiger partial charge in [0.1, 0.15) is 11.6 Å². The Balaban J connectivity index is 2.07. The summed E-state index contributed by atoms with van der Waals surface area (Å²) in [6, 6.07) is 8.68. The van der Waals surface area contributed by atoms with Crippen LogP contribution < -0.4 is 5.32 Å². The average Bonchev–Trinajstić information content (AvgIpc) is 2.89. The minimum atomic E-state index is 0.341. The second kappa shape index (κ2) is 5.47. The molecule has 1 heterocycles. The predicted octanol–water partition coefficient (Wildman–Crippen LogP) is 4.03. The lowest BCUT2D eigenvalue weighted by molar-refractivity contribution is 0.713. The molecule has 0 spiro atoms. The van der Waals surface area contributed by atoms with E-state index < -0.39 is 0 Å². The van der Waals surface area contributed by atoms with Crippen LogP contribution >= 0.6 is 0 Å². The number of nitrogens with zero attached hydrogens (tertiary/aromatic N) is 2. The standard InChI is InChI=1S/C18H23N3/c1-11(2)16-12(3)20-17(21-18(16)19-4)15-10-9-13-7-5-6-8-14(13)15/h5-8,11,15H,9-10H2,1-4H3,(H,19,20,21). The maximum absolute atomic E-state index is 4.83. The third-order valence-electron chi connectivity index (χ3n) is 4.41. The van der Waals surface area contributed by atoms with Gasteiger partial charge in [0.15, 0.2) is 0 Å². The Labute approximate surface area is 126 Å². The zero-order valence-corrected chi connectivity index (χ0v) is 13.3. The zero-order valence-electron chi connectivity index (χ0n) is 13.3. The first-order valence-corrected chi connectivity index (χ1v) is 7.75. The van der Waals surface area contributed by atoms with Gasteiger partial charge in [-0.15, -0.1) is 0 Å². The van der Waals surface area contributed by atoms with Gasteiger partial charge in [0.2, 0.25) is 0 Å². The van der Waals surface area contributed by atoms with E-state index in [1.807, 2.05) is 7.05 Å². The molecule has 3 nitrogen and oxygen atoms in total. The Morgan fingerprint density at radius 2 is 1.95 bits per heavy atom. The van der Waals surface area contributed by atoms with Gasteiger partial charge < -0.3 is 5.32 Å². The van der Waals surface area contributed by atoms with E-state index >= 15 is 0 Å². The topological polar surface area (TPSA) is 37.8 Å². The van der Waals surface area contributed by atoms with Crippen LogP contribution in [0.3, 0.4) is 0 Å². The monoisotopic (exact) mass is 281 g/mol. The van der Waals surface area contributed by atoms with Gasteiger partial charge >= 0.3 is 0 Å². The zero-order chi connectivity index (χ0) is 15.0. The minimum absolute atomic E-state index is 0.341. The average molecular weight is 281 g/mol. The summed E-state index contributed by atoms with van der Waals surface area (Å²) < 4.78 is 0. The molecule has 0 saturated carbocycles. The minimum Gasteiger partial charge on any atom is -0.373 e. The van der Waals surface area contributed by atoms with Crippen LogP contribution in [0, 0.1) is 6.92 Å². The molecule has 2 aromatic rings. The molecule has 1 aromatic carbocycles. The van der Waals surface area contributed by atoms with Crippen molar-refractivity contribution < 1.29 is 0 Å². The highest BCUT2D eigenvalue weighted by atomic mass is 15.0. The molecule has 0 radical (unpaired) electrons. The van der Waals surface area contributed by atoms with Crippen LogP contribution in [0.25, 0.3) is 0 Å². The summed E-state index contributed by atoms with van der Waals surface area (Å²) in [6.45, 7) is 6.48. The Kier molecular flexibility index (Phi) is 3.66. The first-order valence-electron chi connectivity index (χ1n) is 7.75. The van der Waals surface area contributed by atoms with Crippen LogP contribution in [0.2, 0.25) is 0 Å². The van der Waals surface area contributed by atoms with Gasteiger partial charge in [0.25, 0.3) is 0 Å². The van der Waals surface area contributed by atoms with Crippen LogP contribution in [0.15, 0.2) is 24.3 Å². The SMILES string of the molecule is CNc1nc(C2CCc3ccccc32)nc(C)c1C(C)C. The highest BCUT2D eigenvalue weighted by Crippen LogP contribution is 2.37. The molecular formula is C18H23N3. The van der Waals surface area contributed by atoms with E-state index in [9.17, 15) is 0 Å². The number of nitrogens with one attached hydrogen (secondary N) is 1. The lowest BCUT2D eigenvalue weighted by Gasteiger charge is -2.18. The van der Waals surface area contributed by atoms with Gasteiger partial charge in [-0.2, -0.15) is 0 Å². The van der Waals surface area contributed by atoms with Crippen LogP contribution in [-0.4, -0.2) is 17.0 Å². The number of fused-ring (bicyclic) bond motifs is 1. The molecular weight excluding hydrogens is 258 g/mol. The summed E-state index contributed by atoms with van der Waals surface area (Å²) >= 11 is 0. The van der Waals surface area contributed by atoms with Crippen molar-refractivity contribution >= 4 is 5.82 Å². The molecule has 1 aliphatic carbocycles. The Bertz CT molecular complexity index is 662. The highest BCUT2D eigenvalue weighted by Gasteiger charge is 2.27. The summed E-state index contributed by atoms with van der Waals surface area (Å²) in [5, 5.41) is 3.25. The number of hydrogen-bond acceptors (Lipinski definition) is 3. The molecule has 110 valence electrons. The summed E-state index contributed by atoms with van der Waals surface area (Å²) in [6.07, 6.45) is 2.24. The fourth-order valence-electron chi connectivity index (χ4n) is 3.47. The van der Waals surface area contributed by atoms with E-state index in [1.54, 1.807) is 0 Å². The molecule has 0 amide bonds. The fourth-order valence-corrected chi connectivity index (χ4v) is 3.47. The summed E-state index contributed by atoms with van der Waals surface area (Å²) in [7, 11) is 1.94. The number of aryl methyl sites for hydroxylation is 2. The number of hydrogen-bond donors (Lipinski definition) is 1. The first-order chi connectivity index (χ1) is 10.1. The fraction of sp³-hybridized carbons (Fsp3) is 0.444.